The predicted octanol–water partition coefficient (Wildman–Crippen LogP) is 3.05. The molecule has 1 fully saturated rings. The molecule has 0 radical (unpaired) electrons. The van der Waals surface area contributed by atoms with E-state index in [1.54, 1.807) is 11.2 Å². The summed E-state index contributed by atoms with van der Waals surface area (Å²) in [5, 5.41) is 3.13. The van der Waals surface area contributed by atoms with E-state index in [9.17, 15) is 4.79 Å². The van der Waals surface area contributed by atoms with Crippen LogP contribution in [0.1, 0.15) is 32.1 Å². The fourth-order valence-electron chi connectivity index (χ4n) is 2.97. The SMILES string of the molecule is CN(C(=O)NC1CCCCC1)c1ccc2c(c1)ncn2C. The van der Waals surface area contributed by atoms with Crippen molar-refractivity contribution in [3.63, 3.8) is 0 Å². The molecule has 0 aliphatic heterocycles. The molecule has 1 aromatic heterocycles. The third kappa shape index (κ3) is 2.86. The Morgan fingerprint density at radius 3 is 2.86 bits per heavy atom. The lowest BCUT2D eigenvalue weighted by atomic mass is 9.96. The third-order valence-corrected chi connectivity index (χ3v) is 4.33. The van der Waals surface area contributed by atoms with Crippen molar-refractivity contribution in [1.82, 2.24) is 14.9 Å². The molecular formula is C16H22N4O. The Labute approximate surface area is 125 Å². The first kappa shape index (κ1) is 13.9. The number of carbonyl (C=O) groups is 1. The molecule has 1 saturated carbocycles. The van der Waals surface area contributed by atoms with Gasteiger partial charge in [-0.15, -0.1) is 0 Å². The molecule has 112 valence electrons. The average molecular weight is 286 g/mol. The fraction of sp³-hybridized carbons (Fsp3) is 0.500. The molecule has 1 aliphatic carbocycles. The van der Waals surface area contributed by atoms with Crippen LogP contribution in [0.5, 0.6) is 0 Å². The van der Waals surface area contributed by atoms with Crippen molar-refractivity contribution >= 4 is 22.8 Å². The number of aromatic nitrogens is 2. The second-order valence-electron chi connectivity index (χ2n) is 5.87. The molecule has 1 aliphatic rings. The Morgan fingerprint density at radius 1 is 1.33 bits per heavy atom. The first-order valence-corrected chi connectivity index (χ1v) is 7.60. The minimum Gasteiger partial charge on any atom is -0.335 e. The molecule has 3 rings (SSSR count). The number of fused-ring (bicyclic) bond motifs is 1. The van der Waals surface area contributed by atoms with Crippen molar-refractivity contribution in [3.05, 3.63) is 24.5 Å². The molecule has 2 aromatic rings. The Hall–Kier alpha value is -2.04. The van der Waals surface area contributed by atoms with Gasteiger partial charge in [0.15, 0.2) is 0 Å². The van der Waals surface area contributed by atoms with E-state index in [-0.39, 0.29) is 6.03 Å². The van der Waals surface area contributed by atoms with E-state index in [0.717, 1.165) is 29.6 Å². The summed E-state index contributed by atoms with van der Waals surface area (Å²) in [6, 6.07) is 6.21. The van der Waals surface area contributed by atoms with E-state index in [2.05, 4.69) is 10.3 Å². The van der Waals surface area contributed by atoms with Gasteiger partial charge in [0.1, 0.15) is 0 Å². The number of nitrogens with one attached hydrogen (secondary N) is 1. The van der Waals surface area contributed by atoms with Crippen LogP contribution in [0.25, 0.3) is 11.0 Å². The number of hydrogen-bond acceptors (Lipinski definition) is 2. The summed E-state index contributed by atoms with van der Waals surface area (Å²) in [7, 11) is 3.77. The van der Waals surface area contributed by atoms with Crippen molar-refractivity contribution in [2.75, 3.05) is 11.9 Å². The van der Waals surface area contributed by atoms with Gasteiger partial charge < -0.3 is 9.88 Å². The van der Waals surface area contributed by atoms with Crippen LogP contribution in [0.4, 0.5) is 10.5 Å². The highest BCUT2D eigenvalue weighted by Gasteiger charge is 2.19. The lowest BCUT2D eigenvalue weighted by Gasteiger charge is -2.26. The lowest BCUT2D eigenvalue weighted by molar-refractivity contribution is 0.239. The van der Waals surface area contributed by atoms with E-state index in [0.29, 0.717) is 6.04 Å². The van der Waals surface area contributed by atoms with Gasteiger partial charge in [-0.05, 0) is 31.0 Å². The second-order valence-corrected chi connectivity index (χ2v) is 5.87. The zero-order valence-electron chi connectivity index (χ0n) is 12.7. The number of nitrogens with zero attached hydrogens (tertiary/aromatic N) is 3. The number of rotatable bonds is 2. The van der Waals surface area contributed by atoms with Crippen LogP contribution in [-0.4, -0.2) is 28.7 Å². The maximum Gasteiger partial charge on any atom is 0.321 e. The molecule has 0 spiro atoms. The average Bonchev–Trinajstić information content (AvgIpc) is 2.88. The van der Waals surface area contributed by atoms with E-state index in [4.69, 9.17) is 0 Å². The fourth-order valence-corrected chi connectivity index (χ4v) is 2.97. The van der Waals surface area contributed by atoms with Gasteiger partial charge in [-0.3, -0.25) is 4.90 Å². The van der Waals surface area contributed by atoms with Gasteiger partial charge in [0.05, 0.1) is 17.4 Å². The number of carbonyl (C=O) groups excluding carboxylic acids is 1. The summed E-state index contributed by atoms with van der Waals surface area (Å²) in [6.07, 6.45) is 7.70. The lowest BCUT2D eigenvalue weighted by Crippen LogP contribution is -2.43. The number of amides is 2. The summed E-state index contributed by atoms with van der Waals surface area (Å²) in [4.78, 5) is 18.4. The van der Waals surface area contributed by atoms with Crippen LogP contribution in [0, 0.1) is 0 Å². The molecule has 1 aromatic carbocycles. The van der Waals surface area contributed by atoms with Crippen LogP contribution >= 0.6 is 0 Å². The largest absolute Gasteiger partial charge is 0.335 e. The molecule has 0 atom stereocenters. The van der Waals surface area contributed by atoms with E-state index < -0.39 is 0 Å². The van der Waals surface area contributed by atoms with E-state index in [1.807, 2.05) is 36.9 Å². The second kappa shape index (κ2) is 5.76. The zero-order chi connectivity index (χ0) is 14.8. The van der Waals surface area contributed by atoms with Gasteiger partial charge in [-0.2, -0.15) is 0 Å². The number of urea groups is 1. The first-order valence-electron chi connectivity index (χ1n) is 7.60. The van der Waals surface area contributed by atoms with E-state index in [1.165, 1.54) is 19.3 Å². The van der Waals surface area contributed by atoms with Crippen molar-refractivity contribution in [2.45, 2.75) is 38.1 Å². The molecule has 21 heavy (non-hydrogen) atoms. The van der Waals surface area contributed by atoms with Gasteiger partial charge in [0.25, 0.3) is 0 Å². The van der Waals surface area contributed by atoms with Crippen LogP contribution in [0.3, 0.4) is 0 Å². The summed E-state index contributed by atoms with van der Waals surface area (Å²) in [6.45, 7) is 0. The summed E-state index contributed by atoms with van der Waals surface area (Å²) in [5.41, 5.74) is 2.85. The molecule has 5 heteroatoms. The Kier molecular flexibility index (Phi) is 3.82. The van der Waals surface area contributed by atoms with Crippen LogP contribution in [0.2, 0.25) is 0 Å². The van der Waals surface area contributed by atoms with Crippen LogP contribution in [-0.2, 0) is 7.05 Å². The van der Waals surface area contributed by atoms with Crippen LogP contribution in [0.15, 0.2) is 24.5 Å². The molecule has 1 heterocycles. The summed E-state index contributed by atoms with van der Waals surface area (Å²) in [5.74, 6) is 0. The quantitative estimate of drug-likeness (QED) is 0.922. The first-order chi connectivity index (χ1) is 10.1. The Morgan fingerprint density at radius 2 is 2.10 bits per heavy atom. The molecule has 1 N–H and O–H groups in total. The zero-order valence-corrected chi connectivity index (χ0v) is 12.7. The molecule has 0 saturated heterocycles. The standard InChI is InChI=1S/C16H22N4O/c1-19-11-17-14-10-13(8-9-15(14)19)20(2)16(21)18-12-6-4-3-5-7-12/h8-12H,3-7H2,1-2H3,(H,18,21). The van der Waals surface area contributed by atoms with Gasteiger partial charge >= 0.3 is 6.03 Å². The number of anilines is 1. The van der Waals surface area contributed by atoms with Crippen molar-refractivity contribution in [2.24, 2.45) is 7.05 Å². The smallest absolute Gasteiger partial charge is 0.321 e. The van der Waals surface area contributed by atoms with Crippen molar-refractivity contribution in [3.8, 4) is 0 Å². The van der Waals surface area contributed by atoms with E-state index >= 15 is 0 Å². The highest BCUT2D eigenvalue weighted by atomic mass is 16.2. The summed E-state index contributed by atoms with van der Waals surface area (Å²) >= 11 is 0. The van der Waals surface area contributed by atoms with Gasteiger partial charge in [-0.1, -0.05) is 19.3 Å². The molecule has 5 nitrogen and oxygen atoms in total. The number of aryl methyl sites for hydroxylation is 1. The minimum atomic E-state index is -0.0304. The molecule has 0 unspecified atom stereocenters. The molecular weight excluding hydrogens is 264 g/mol. The maximum absolute atomic E-state index is 12.3. The van der Waals surface area contributed by atoms with Crippen LogP contribution < -0.4 is 10.2 Å². The van der Waals surface area contributed by atoms with Crippen molar-refractivity contribution in [1.29, 1.82) is 0 Å². The number of imidazole rings is 1. The number of benzene rings is 1. The van der Waals surface area contributed by atoms with Gasteiger partial charge in [0, 0.05) is 25.8 Å². The monoisotopic (exact) mass is 286 g/mol. The van der Waals surface area contributed by atoms with Crippen molar-refractivity contribution < 1.29 is 4.79 Å². The third-order valence-electron chi connectivity index (χ3n) is 4.33. The molecule has 0 bridgehead atoms. The Bertz CT molecular complexity index is 643. The Balaban J connectivity index is 1.72. The molecule has 2 amide bonds. The predicted molar refractivity (Wildman–Crippen MR) is 84.5 cm³/mol. The number of hydrogen-bond donors (Lipinski definition) is 1. The maximum atomic E-state index is 12.3. The van der Waals surface area contributed by atoms with Gasteiger partial charge in [-0.25, -0.2) is 9.78 Å². The topological polar surface area (TPSA) is 50.2 Å². The summed E-state index contributed by atoms with van der Waals surface area (Å²) < 4.78 is 1.97. The highest BCUT2D eigenvalue weighted by molar-refractivity contribution is 5.93. The normalized spacial score (nSPS) is 16.1. The van der Waals surface area contributed by atoms with Gasteiger partial charge in [0.2, 0.25) is 0 Å². The highest BCUT2D eigenvalue weighted by Crippen LogP contribution is 2.21. The minimum absolute atomic E-state index is 0.0304.